The van der Waals surface area contributed by atoms with E-state index in [2.05, 4.69) is 20.4 Å². The predicted molar refractivity (Wildman–Crippen MR) is 54.2 cm³/mol. The van der Waals surface area contributed by atoms with Crippen molar-refractivity contribution in [2.75, 3.05) is 0 Å². The Morgan fingerprint density at radius 2 is 1.69 bits per heavy atom. The SMILES string of the molecule is C=C(C)C(C)(C)c1ccc(F)cc1. The van der Waals surface area contributed by atoms with E-state index in [0.29, 0.717) is 0 Å². The molecule has 0 aromatic heterocycles. The minimum atomic E-state index is -0.193. The van der Waals surface area contributed by atoms with Crippen LogP contribution in [0.3, 0.4) is 0 Å². The Bertz CT molecular complexity index is 306. The van der Waals surface area contributed by atoms with Gasteiger partial charge in [0.25, 0.3) is 0 Å². The molecule has 0 nitrogen and oxygen atoms in total. The molecule has 0 amide bonds. The molecular weight excluding hydrogens is 163 g/mol. The molecule has 0 aliphatic heterocycles. The molecule has 0 aliphatic carbocycles. The third kappa shape index (κ3) is 1.97. The van der Waals surface area contributed by atoms with Crippen molar-refractivity contribution >= 4 is 0 Å². The van der Waals surface area contributed by atoms with Crippen molar-refractivity contribution < 1.29 is 4.39 Å². The molecule has 0 heterocycles. The zero-order valence-corrected chi connectivity index (χ0v) is 8.39. The van der Waals surface area contributed by atoms with Gasteiger partial charge in [0.05, 0.1) is 0 Å². The van der Waals surface area contributed by atoms with Gasteiger partial charge in [-0.3, -0.25) is 0 Å². The summed E-state index contributed by atoms with van der Waals surface area (Å²) in [7, 11) is 0. The van der Waals surface area contributed by atoms with Gasteiger partial charge in [-0.2, -0.15) is 0 Å². The average Bonchev–Trinajstić information content (AvgIpc) is 2.04. The second kappa shape index (κ2) is 3.33. The number of allylic oxidation sites excluding steroid dienone is 1. The minimum Gasteiger partial charge on any atom is -0.207 e. The van der Waals surface area contributed by atoms with Crippen LogP contribution in [0.5, 0.6) is 0 Å². The Kier molecular flexibility index (Phi) is 2.55. The summed E-state index contributed by atoms with van der Waals surface area (Å²) < 4.78 is 12.7. The highest BCUT2D eigenvalue weighted by molar-refractivity contribution is 5.32. The largest absolute Gasteiger partial charge is 0.207 e. The molecule has 0 aliphatic rings. The third-order valence-corrected chi connectivity index (χ3v) is 2.63. The van der Waals surface area contributed by atoms with Gasteiger partial charge in [-0.25, -0.2) is 4.39 Å². The van der Waals surface area contributed by atoms with E-state index in [9.17, 15) is 4.39 Å². The van der Waals surface area contributed by atoms with Crippen LogP contribution in [-0.4, -0.2) is 0 Å². The number of hydrogen-bond donors (Lipinski definition) is 0. The van der Waals surface area contributed by atoms with Gasteiger partial charge in [0.15, 0.2) is 0 Å². The maximum Gasteiger partial charge on any atom is 0.123 e. The standard InChI is InChI=1S/C12H15F/c1-9(2)12(3,4)10-5-7-11(13)8-6-10/h5-8H,1H2,2-4H3. The molecular formula is C12H15F. The molecule has 0 bridgehead atoms. The average molecular weight is 178 g/mol. The quantitative estimate of drug-likeness (QED) is 0.606. The molecule has 1 rings (SSSR count). The van der Waals surface area contributed by atoms with Crippen molar-refractivity contribution in [3.8, 4) is 0 Å². The maximum absolute atomic E-state index is 12.7. The predicted octanol–water partition coefficient (Wildman–Crippen LogP) is 3.68. The van der Waals surface area contributed by atoms with Crippen LogP contribution in [0.1, 0.15) is 26.3 Å². The lowest BCUT2D eigenvalue weighted by molar-refractivity contribution is 0.608. The van der Waals surface area contributed by atoms with E-state index < -0.39 is 0 Å². The fraction of sp³-hybridized carbons (Fsp3) is 0.333. The van der Waals surface area contributed by atoms with Gasteiger partial charge in [-0.05, 0) is 24.6 Å². The lowest BCUT2D eigenvalue weighted by Gasteiger charge is -2.25. The van der Waals surface area contributed by atoms with Crippen LogP contribution in [0, 0.1) is 5.82 Å². The first-order chi connectivity index (χ1) is 5.94. The summed E-state index contributed by atoms with van der Waals surface area (Å²) in [5.74, 6) is -0.193. The fourth-order valence-corrected chi connectivity index (χ4v) is 1.11. The summed E-state index contributed by atoms with van der Waals surface area (Å²) in [6.45, 7) is 10.1. The van der Waals surface area contributed by atoms with Gasteiger partial charge in [0, 0.05) is 5.41 Å². The Balaban J connectivity index is 3.08. The second-order valence-corrected chi connectivity index (χ2v) is 3.91. The highest BCUT2D eigenvalue weighted by atomic mass is 19.1. The normalized spacial score (nSPS) is 11.4. The van der Waals surface area contributed by atoms with E-state index in [4.69, 9.17) is 0 Å². The molecule has 1 aromatic carbocycles. The van der Waals surface area contributed by atoms with E-state index in [0.717, 1.165) is 11.1 Å². The van der Waals surface area contributed by atoms with E-state index in [1.54, 1.807) is 0 Å². The highest BCUT2D eigenvalue weighted by Gasteiger charge is 2.20. The highest BCUT2D eigenvalue weighted by Crippen LogP contribution is 2.29. The van der Waals surface area contributed by atoms with Gasteiger partial charge >= 0.3 is 0 Å². The van der Waals surface area contributed by atoms with Crippen molar-refractivity contribution in [1.82, 2.24) is 0 Å². The lowest BCUT2D eigenvalue weighted by atomic mass is 9.79. The molecule has 0 atom stereocenters. The fourth-order valence-electron chi connectivity index (χ4n) is 1.11. The van der Waals surface area contributed by atoms with E-state index in [1.807, 2.05) is 19.1 Å². The summed E-state index contributed by atoms with van der Waals surface area (Å²) in [4.78, 5) is 0. The topological polar surface area (TPSA) is 0 Å². The second-order valence-electron chi connectivity index (χ2n) is 3.91. The van der Waals surface area contributed by atoms with Crippen LogP contribution in [-0.2, 0) is 5.41 Å². The molecule has 0 N–H and O–H groups in total. The maximum atomic E-state index is 12.7. The molecule has 13 heavy (non-hydrogen) atoms. The van der Waals surface area contributed by atoms with Crippen LogP contribution >= 0.6 is 0 Å². The number of benzene rings is 1. The van der Waals surface area contributed by atoms with Crippen molar-refractivity contribution in [2.45, 2.75) is 26.2 Å². The van der Waals surface area contributed by atoms with Gasteiger partial charge in [-0.15, -0.1) is 0 Å². The minimum absolute atomic E-state index is 0.0757. The van der Waals surface area contributed by atoms with Crippen LogP contribution in [0.25, 0.3) is 0 Å². The van der Waals surface area contributed by atoms with Gasteiger partial charge < -0.3 is 0 Å². The van der Waals surface area contributed by atoms with Crippen LogP contribution in [0.2, 0.25) is 0 Å². The lowest BCUT2D eigenvalue weighted by Crippen LogP contribution is -2.17. The van der Waals surface area contributed by atoms with E-state index in [-0.39, 0.29) is 11.2 Å². The molecule has 0 radical (unpaired) electrons. The van der Waals surface area contributed by atoms with Crippen molar-refractivity contribution in [3.63, 3.8) is 0 Å². The zero-order valence-electron chi connectivity index (χ0n) is 8.39. The van der Waals surface area contributed by atoms with Gasteiger partial charge in [0.2, 0.25) is 0 Å². The molecule has 70 valence electrons. The Hall–Kier alpha value is -1.11. The molecule has 0 saturated heterocycles. The van der Waals surface area contributed by atoms with Crippen molar-refractivity contribution in [1.29, 1.82) is 0 Å². The summed E-state index contributed by atoms with van der Waals surface area (Å²) >= 11 is 0. The zero-order chi connectivity index (χ0) is 10.1. The molecule has 0 spiro atoms. The van der Waals surface area contributed by atoms with E-state index in [1.165, 1.54) is 12.1 Å². The first-order valence-corrected chi connectivity index (χ1v) is 4.36. The number of hydrogen-bond acceptors (Lipinski definition) is 0. The van der Waals surface area contributed by atoms with Crippen LogP contribution in [0.4, 0.5) is 4.39 Å². The summed E-state index contributed by atoms with van der Waals surface area (Å²) in [6, 6.07) is 6.59. The van der Waals surface area contributed by atoms with Crippen LogP contribution < -0.4 is 0 Å². The van der Waals surface area contributed by atoms with Crippen molar-refractivity contribution in [2.24, 2.45) is 0 Å². The molecule has 0 unspecified atom stereocenters. The number of rotatable bonds is 2. The third-order valence-electron chi connectivity index (χ3n) is 2.63. The molecule has 0 fully saturated rings. The molecule has 1 heteroatoms. The first kappa shape index (κ1) is 9.97. The Labute approximate surface area is 79.1 Å². The van der Waals surface area contributed by atoms with Gasteiger partial charge in [0.1, 0.15) is 5.82 Å². The summed E-state index contributed by atoms with van der Waals surface area (Å²) in [5.41, 5.74) is 2.11. The number of halogens is 1. The van der Waals surface area contributed by atoms with Crippen molar-refractivity contribution in [3.05, 3.63) is 47.8 Å². The Morgan fingerprint density at radius 1 is 1.23 bits per heavy atom. The molecule has 0 saturated carbocycles. The van der Waals surface area contributed by atoms with Gasteiger partial charge in [-0.1, -0.05) is 38.1 Å². The van der Waals surface area contributed by atoms with Crippen LogP contribution in [0.15, 0.2) is 36.4 Å². The summed E-state index contributed by atoms with van der Waals surface area (Å²) in [6.07, 6.45) is 0. The summed E-state index contributed by atoms with van der Waals surface area (Å²) in [5, 5.41) is 0. The van der Waals surface area contributed by atoms with E-state index >= 15 is 0 Å². The smallest absolute Gasteiger partial charge is 0.123 e. The Morgan fingerprint density at radius 3 is 2.08 bits per heavy atom. The first-order valence-electron chi connectivity index (χ1n) is 4.36. The molecule has 1 aromatic rings. The monoisotopic (exact) mass is 178 g/mol.